The van der Waals surface area contributed by atoms with Crippen LogP contribution < -0.4 is 10.2 Å². The van der Waals surface area contributed by atoms with Gasteiger partial charge in [0.1, 0.15) is 0 Å². The summed E-state index contributed by atoms with van der Waals surface area (Å²) in [5.41, 5.74) is 2.55. The van der Waals surface area contributed by atoms with Crippen molar-refractivity contribution in [3.05, 3.63) is 29.8 Å². The van der Waals surface area contributed by atoms with E-state index in [2.05, 4.69) is 55.4 Å². The molecule has 0 radical (unpaired) electrons. The minimum Gasteiger partial charge on any atom is -0.393 e. The SMILES string of the molecule is CCNC(CC)c1ccc(N(C)CCC(C)O)cc1. The third kappa shape index (κ3) is 5.21. The average Bonchev–Trinajstić information content (AvgIpc) is 2.42. The van der Waals surface area contributed by atoms with Crippen molar-refractivity contribution < 1.29 is 5.11 Å². The molecule has 0 aliphatic rings. The summed E-state index contributed by atoms with van der Waals surface area (Å²) in [4.78, 5) is 2.19. The molecule has 0 aliphatic carbocycles. The van der Waals surface area contributed by atoms with Crippen LogP contribution in [0.25, 0.3) is 0 Å². The Morgan fingerprint density at radius 3 is 2.32 bits per heavy atom. The number of rotatable bonds is 8. The zero-order valence-corrected chi connectivity index (χ0v) is 12.7. The molecule has 0 saturated heterocycles. The molecule has 3 heteroatoms. The monoisotopic (exact) mass is 264 g/mol. The number of hydrogen-bond acceptors (Lipinski definition) is 3. The van der Waals surface area contributed by atoms with E-state index in [4.69, 9.17) is 0 Å². The predicted molar refractivity (Wildman–Crippen MR) is 82.7 cm³/mol. The fraction of sp³-hybridized carbons (Fsp3) is 0.625. The van der Waals surface area contributed by atoms with Crippen LogP contribution in [0, 0.1) is 0 Å². The van der Waals surface area contributed by atoms with Gasteiger partial charge < -0.3 is 15.3 Å². The molecule has 0 aliphatic heterocycles. The molecular formula is C16H28N2O. The van der Waals surface area contributed by atoms with Crippen LogP contribution in [0.4, 0.5) is 5.69 Å². The van der Waals surface area contributed by atoms with E-state index in [1.54, 1.807) is 0 Å². The molecule has 0 saturated carbocycles. The molecule has 0 bridgehead atoms. The summed E-state index contributed by atoms with van der Waals surface area (Å²) in [5, 5.41) is 12.8. The number of benzene rings is 1. The van der Waals surface area contributed by atoms with Crippen LogP contribution in [0.1, 0.15) is 45.2 Å². The Hall–Kier alpha value is -1.06. The van der Waals surface area contributed by atoms with Gasteiger partial charge in [-0.15, -0.1) is 0 Å². The van der Waals surface area contributed by atoms with E-state index in [-0.39, 0.29) is 6.10 Å². The van der Waals surface area contributed by atoms with Crippen molar-refractivity contribution in [3.8, 4) is 0 Å². The lowest BCUT2D eigenvalue weighted by Gasteiger charge is -2.22. The van der Waals surface area contributed by atoms with Gasteiger partial charge in [0.15, 0.2) is 0 Å². The van der Waals surface area contributed by atoms with Crippen molar-refractivity contribution >= 4 is 5.69 Å². The van der Waals surface area contributed by atoms with Gasteiger partial charge in [0.25, 0.3) is 0 Å². The van der Waals surface area contributed by atoms with Crippen molar-refractivity contribution in [1.82, 2.24) is 5.32 Å². The first-order valence-corrected chi connectivity index (χ1v) is 7.31. The Balaban J connectivity index is 2.64. The zero-order valence-electron chi connectivity index (χ0n) is 12.7. The molecule has 0 aromatic heterocycles. The van der Waals surface area contributed by atoms with Crippen LogP contribution in [0.2, 0.25) is 0 Å². The van der Waals surface area contributed by atoms with Gasteiger partial charge in [-0.1, -0.05) is 26.0 Å². The standard InChI is InChI=1S/C16H28N2O/c1-5-16(17-6-2)14-7-9-15(10-8-14)18(4)12-11-13(3)19/h7-10,13,16-17,19H,5-6,11-12H2,1-4H3. The highest BCUT2D eigenvalue weighted by atomic mass is 16.3. The molecular weight excluding hydrogens is 236 g/mol. The van der Waals surface area contributed by atoms with Gasteiger partial charge in [0.2, 0.25) is 0 Å². The van der Waals surface area contributed by atoms with Gasteiger partial charge >= 0.3 is 0 Å². The number of hydrogen-bond donors (Lipinski definition) is 2. The Labute approximate surface area is 117 Å². The second kappa shape index (κ2) is 8.18. The largest absolute Gasteiger partial charge is 0.393 e. The van der Waals surface area contributed by atoms with Gasteiger partial charge in [-0.3, -0.25) is 0 Å². The van der Waals surface area contributed by atoms with E-state index >= 15 is 0 Å². The highest BCUT2D eigenvalue weighted by Gasteiger charge is 2.08. The van der Waals surface area contributed by atoms with Gasteiger partial charge in [-0.2, -0.15) is 0 Å². The number of aliphatic hydroxyl groups excluding tert-OH is 1. The van der Waals surface area contributed by atoms with Gasteiger partial charge in [-0.25, -0.2) is 0 Å². The number of nitrogens with one attached hydrogen (secondary N) is 1. The molecule has 1 aromatic carbocycles. The maximum Gasteiger partial charge on any atom is 0.0528 e. The van der Waals surface area contributed by atoms with E-state index in [1.165, 1.54) is 11.3 Å². The van der Waals surface area contributed by atoms with Crippen LogP contribution in [-0.2, 0) is 0 Å². The number of anilines is 1. The fourth-order valence-corrected chi connectivity index (χ4v) is 2.21. The van der Waals surface area contributed by atoms with Gasteiger partial charge in [-0.05, 0) is 44.0 Å². The molecule has 19 heavy (non-hydrogen) atoms. The Kier molecular flexibility index (Phi) is 6.89. The molecule has 1 aromatic rings. The Bertz CT molecular complexity index is 348. The minimum atomic E-state index is -0.236. The zero-order chi connectivity index (χ0) is 14.3. The van der Waals surface area contributed by atoms with E-state index in [0.29, 0.717) is 6.04 Å². The maximum absolute atomic E-state index is 9.32. The molecule has 0 amide bonds. The van der Waals surface area contributed by atoms with E-state index in [9.17, 15) is 5.11 Å². The number of aliphatic hydroxyl groups is 1. The third-order valence-electron chi connectivity index (χ3n) is 3.48. The molecule has 1 rings (SSSR count). The lowest BCUT2D eigenvalue weighted by molar-refractivity contribution is 0.187. The fourth-order valence-electron chi connectivity index (χ4n) is 2.21. The topological polar surface area (TPSA) is 35.5 Å². The summed E-state index contributed by atoms with van der Waals surface area (Å²) in [7, 11) is 2.07. The number of nitrogens with zero attached hydrogens (tertiary/aromatic N) is 1. The second-order valence-electron chi connectivity index (χ2n) is 5.17. The van der Waals surface area contributed by atoms with Crippen LogP contribution in [0.3, 0.4) is 0 Å². The summed E-state index contributed by atoms with van der Waals surface area (Å²) in [6.07, 6.45) is 1.66. The van der Waals surface area contributed by atoms with Crippen LogP contribution in [0.5, 0.6) is 0 Å². The quantitative estimate of drug-likeness (QED) is 0.758. The molecule has 0 spiro atoms. The van der Waals surface area contributed by atoms with Crippen molar-refractivity contribution in [2.24, 2.45) is 0 Å². The predicted octanol–water partition coefficient (Wildman–Crippen LogP) is 2.95. The molecule has 0 heterocycles. The van der Waals surface area contributed by atoms with Crippen LogP contribution in [0.15, 0.2) is 24.3 Å². The van der Waals surface area contributed by atoms with Gasteiger partial charge in [0.05, 0.1) is 6.10 Å². The molecule has 2 N–H and O–H groups in total. The molecule has 108 valence electrons. The molecule has 3 nitrogen and oxygen atoms in total. The second-order valence-corrected chi connectivity index (χ2v) is 5.17. The third-order valence-corrected chi connectivity index (χ3v) is 3.48. The highest BCUT2D eigenvalue weighted by molar-refractivity contribution is 5.47. The average molecular weight is 264 g/mol. The van der Waals surface area contributed by atoms with E-state index in [0.717, 1.165) is 25.9 Å². The van der Waals surface area contributed by atoms with E-state index in [1.807, 2.05) is 6.92 Å². The lowest BCUT2D eigenvalue weighted by Crippen LogP contribution is -2.22. The smallest absolute Gasteiger partial charge is 0.0528 e. The molecule has 2 unspecified atom stereocenters. The van der Waals surface area contributed by atoms with E-state index < -0.39 is 0 Å². The maximum atomic E-state index is 9.32. The lowest BCUT2D eigenvalue weighted by atomic mass is 10.0. The summed E-state index contributed by atoms with van der Waals surface area (Å²) >= 11 is 0. The first-order chi connectivity index (χ1) is 9.08. The molecule has 2 atom stereocenters. The summed E-state index contributed by atoms with van der Waals surface area (Å²) in [6.45, 7) is 8.05. The molecule has 0 fully saturated rings. The van der Waals surface area contributed by atoms with Gasteiger partial charge in [0, 0.05) is 25.3 Å². The van der Waals surface area contributed by atoms with Crippen molar-refractivity contribution in [1.29, 1.82) is 0 Å². The van der Waals surface area contributed by atoms with Crippen molar-refractivity contribution in [2.75, 3.05) is 25.0 Å². The Morgan fingerprint density at radius 1 is 1.21 bits per heavy atom. The summed E-state index contributed by atoms with van der Waals surface area (Å²) in [5.74, 6) is 0. The normalized spacial score (nSPS) is 14.2. The first-order valence-electron chi connectivity index (χ1n) is 7.31. The summed E-state index contributed by atoms with van der Waals surface area (Å²) < 4.78 is 0. The van der Waals surface area contributed by atoms with Crippen molar-refractivity contribution in [2.45, 2.75) is 45.8 Å². The van der Waals surface area contributed by atoms with Crippen molar-refractivity contribution in [3.63, 3.8) is 0 Å². The minimum absolute atomic E-state index is 0.236. The first kappa shape index (κ1) is 16.0. The van der Waals surface area contributed by atoms with Crippen LogP contribution >= 0.6 is 0 Å². The van der Waals surface area contributed by atoms with Crippen LogP contribution in [-0.4, -0.2) is 31.3 Å². The Morgan fingerprint density at radius 2 is 1.84 bits per heavy atom. The highest BCUT2D eigenvalue weighted by Crippen LogP contribution is 2.20. The summed E-state index contributed by atoms with van der Waals surface area (Å²) in [6, 6.07) is 9.17.